The van der Waals surface area contributed by atoms with Crippen molar-refractivity contribution in [3.63, 3.8) is 0 Å². The van der Waals surface area contributed by atoms with E-state index in [1.54, 1.807) is 11.3 Å². The molecule has 0 saturated carbocycles. The molecule has 0 aliphatic carbocycles. The van der Waals surface area contributed by atoms with Crippen molar-refractivity contribution in [3.05, 3.63) is 11.4 Å². The highest BCUT2D eigenvalue weighted by Crippen LogP contribution is 2.26. The fraction of sp³-hybridized carbons (Fsp3) is 0.625. The Balaban J connectivity index is 1.87. The summed E-state index contributed by atoms with van der Waals surface area (Å²) in [5, 5.41) is 9.88. The number of aromatic nitrogens is 2. The van der Waals surface area contributed by atoms with Gasteiger partial charge in [0.15, 0.2) is 0 Å². The average Bonchev–Trinajstić information content (AvgIpc) is 2.95. The van der Waals surface area contributed by atoms with E-state index in [2.05, 4.69) is 45.9 Å². The monoisotopic (exact) mass is 306 g/mol. The van der Waals surface area contributed by atoms with Crippen molar-refractivity contribution in [3.8, 4) is 0 Å². The van der Waals surface area contributed by atoms with Crippen LogP contribution in [0.2, 0.25) is 0 Å². The largest absolute Gasteiger partial charge is 0.369 e. The van der Waals surface area contributed by atoms with E-state index in [-0.39, 0.29) is 0 Å². The Morgan fingerprint density at radius 3 is 2.62 bits per heavy atom. The van der Waals surface area contributed by atoms with Crippen LogP contribution in [0.4, 0.5) is 11.8 Å². The van der Waals surface area contributed by atoms with Crippen LogP contribution in [0.15, 0.2) is 11.4 Å². The first-order valence-corrected chi connectivity index (χ1v) is 8.96. The van der Waals surface area contributed by atoms with E-state index in [1.807, 2.05) is 0 Å². The van der Waals surface area contributed by atoms with Gasteiger partial charge < -0.3 is 10.6 Å². The van der Waals surface area contributed by atoms with Crippen LogP contribution in [-0.4, -0.2) is 23.1 Å². The second-order valence-electron chi connectivity index (χ2n) is 5.26. The second-order valence-corrected chi connectivity index (χ2v) is 6.15. The third-order valence-corrected chi connectivity index (χ3v) is 4.29. The fourth-order valence-corrected chi connectivity index (χ4v) is 3.10. The number of anilines is 2. The molecule has 2 heterocycles. The van der Waals surface area contributed by atoms with E-state index < -0.39 is 0 Å². The Morgan fingerprint density at radius 2 is 1.81 bits per heavy atom. The van der Waals surface area contributed by atoms with Crippen molar-refractivity contribution in [2.75, 3.05) is 23.7 Å². The summed E-state index contributed by atoms with van der Waals surface area (Å²) in [6.07, 6.45) is 7.88. The SMILES string of the molecule is CCCCCCCCNc1nc(NCC)nc2sccc12. The highest BCUT2D eigenvalue weighted by molar-refractivity contribution is 7.16. The molecule has 0 spiro atoms. The molecular formula is C16H26N4S. The predicted octanol–water partition coefficient (Wildman–Crippen LogP) is 4.90. The molecule has 4 nitrogen and oxygen atoms in total. The van der Waals surface area contributed by atoms with Crippen LogP contribution >= 0.6 is 11.3 Å². The molecule has 0 bridgehead atoms. The van der Waals surface area contributed by atoms with Gasteiger partial charge in [-0.2, -0.15) is 4.98 Å². The lowest BCUT2D eigenvalue weighted by atomic mass is 10.1. The van der Waals surface area contributed by atoms with Crippen LogP contribution in [-0.2, 0) is 0 Å². The average molecular weight is 306 g/mol. The summed E-state index contributed by atoms with van der Waals surface area (Å²) in [6.45, 7) is 6.14. The third kappa shape index (κ3) is 4.84. The number of hydrogen-bond donors (Lipinski definition) is 2. The number of nitrogens with one attached hydrogen (secondary N) is 2. The van der Waals surface area contributed by atoms with Crippen molar-refractivity contribution in [1.29, 1.82) is 0 Å². The van der Waals surface area contributed by atoms with E-state index in [9.17, 15) is 0 Å². The zero-order chi connectivity index (χ0) is 14.9. The number of nitrogens with zero attached hydrogens (tertiary/aromatic N) is 2. The first kappa shape index (κ1) is 16.0. The van der Waals surface area contributed by atoms with Crippen LogP contribution in [0.1, 0.15) is 52.4 Å². The number of unbranched alkanes of at least 4 members (excludes halogenated alkanes) is 5. The molecule has 0 aliphatic heterocycles. The molecule has 2 aromatic heterocycles. The summed E-state index contributed by atoms with van der Waals surface area (Å²) >= 11 is 1.66. The molecule has 0 aliphatic rings. The van der Waals surface area contributed by atoms with Crippen molar-refractivity contribution in [2.45, 2.75) is 52.4 Å². The molecular weight excluding hydrogens is 280 g/mol. The van der Waals surface area contributed by atoms with E-state index in [1.165, 1.54) is 38.5 Å². The molecule has 0 saturated heterocycles. The normalized spacial score (nSPS) is 11.0. The number of hydrogen-bond acceptors (Lipinski definition) is 5. The predicted molar refractivity (Wildman–Crippen MR) is 93.4 cm³/mol. The lowest BCUT2D eigenvalue weighted by Crippen LogP contribution is -2.07. The number of thiophene rings is 1. The Hall–Kier alpha value is -1.36. The minimum absolute atomic E-state index is 0.720. The van der Waals surface area contributed by atoms with E-state index in [0.717, 1.165) is 35.1 Å². The maximum atomic E-state index is 4.58. The fourth-order valence-electron chi connectivity index (χ4n) is 2.34. The van der Waals surface area contributed by atoms with Crippen LogP contribution in [0, 0.1) is 0 Å². The lowest BCUT2D eigenvalue weighted by Gasteiger charge is -2.09. The zero-order valence-corrected chi connectivity index (χ0v) is 13.9. The third-order valence-electron chi connectivity index (χ3n) is 3.48. The van der Waals surface area contributed by atoms with E-state index >= 15 is 0 Å². The van der Waals surface area contributed by atoms with Gasteiger partial charge in [-0.1, -0.05) is 39.0 Å². The van der Waals surface area contributed by atoms with Crippen LogP contribution in [0.5, 0.6) is 0 Å². The van der Waals surface area contributed by atoms with Gasteiger partial charge in [0.25, 0.3) is 0 Å². The molecule has 0 fully saturated rings. The van der Waals surface area contributed by atoms with E-state index in [4.69, 9.17) is 0 Å². The Labute approximate surface area is 131 Å². The van der Waals surface area contributed by atoms with Gasteiger partial charge >= 0.3 is 0 Å². The first-order valence-electron chi connectivity index (χ1n) is 8.08. The lowest BCUT2D eigenvalue weighted by molar-refractivity contribution is 0.617. The molecule has 0 radical (unpaired) electrons. The summed E-state index contributed by atoms with van der Waals surface area (Å²) in [5.74, 6) is 1.68. The van der Waals surface area contributed by atoms with Gasteiger partial charge in [0, 0.05) is 13.1 Å². The van der Waals surface area contributed by atoms with Crippen molar-refractivity contribution >= 4 is 33.3 Å². The van der Waals surface area contributed by atoms with Gasteiger partial charge in [0.05, 0.1) is 5.39 Å². The van der Waals surface area contributed by atoms with Crippen LogP contribution in [0.3, 0.4) is 0 Å². The molecule has 5 heteroatoms. The molecule has 0 unspecified atom stereocenters. The molecule has 116 valence electrons. The Bertz CT molecular complexity index is 538. The van der Waals surface area contributed by atoms with Gasteiger partial charge in [-0.3, -0.25) is 0 Å². The summed E-state index contributed by atoms with van der Waals surface area (Å²) in [7, 11) is 0. The second kappa shape index (κ2) is 8.82. The van der Waals surface area contributed by atoms with Gasteiger partial charge in [0.2, 0.25) is 5.95 Å². The van der Waals surface area contributed by atoms with Crippen molar-refractivity contribution < 1.29 is 0 Å². The minimum atomic E-state index is 0.720. The first-order chi connectivity index (χ1) is 10.3. The van der Waals surface area contributed by atoms with Crippen LogP contribution in [0.25, 0.3) is 10.2 Å². The van der Waals surface area contributed by atoms with Crippen molar-refractivity contribution in [1.82, 2.24) is 9.97 Å². The maximum Gasteiger partial charge on any atom is 0.226 e. The summed E-state index contributed by atoms with van der Waals surface area (Å²) in [4.78, 5) is 10.2. The molecule has 2 N–H and O–H groups in total. The molecule has 2 aromatic rings. The Morgan fingerprint density at radius 1 is 1.00 bits per heavy atom. The number of rotatable bonds is 10. The zero-order valence-electron chi connectivity index (χ0n) is 13.1. The molecule has 0 amide bonds. The van der Waals surface area contributed by atoms with Crippen LogP contribution < -0.4 is 10.6 Å². The number of fused-ring (bicyclic) bond motifs is 1. The van der Waals surface area contributed by atoms with Gasteiger partial charge in [0.1, 0.15) is 10.6 Å². The summed E-state index contributed by atoms with van der Waals surface area (Å²) in [5.41, 5.74) is 0. The molecule has 2 rings (SSSR count). The molecule has 21 heavy (non-hydrogen) atoms. The standard InChI is InChI=1S/C16H26N4S/c1-3-5-6-7-8-9-11-18-14-13-10-12-21-15(13)20-16(19-14)17-4-2/h10,12H,3-9,11H2,1-2H3,(H2,17,18,19,20). The van der Waals surface area contributed by atoms with E-state index in [0.29, 0.717) is 0 Å². The molecule has 0 atom stereocenters. The topological polar surface area (TPSA) is 49.8 Å². The van der Waals surface area contributed by atoms with Crippen molar-refractivity contribution in [2.24, 2.45) is 0 Å². The Kier molecular flexibility index (Phi) is 6.73. The summed E-state index contributed by atoms with van der Waals surface area (Å²) < 4.78 is 0. The minimum Gasteiger partial charge on any atom is -0.369 e. The maximum absolute atomic E-state index is 4.58. The van der Waals surface area contributed by atoms with Gasteiger partial charge in [-0.05, 0) is 24.8 Å². The quantitative estimate of drug-likeness (QED) is 0.613. The smallest absolute Gasteiger partial charge is 0.226 e. The highest BCUT2D eigenvalue weighted by Gasteiger charge is 2.07. The van der Waals surface area contributed by atoms with Gasteiger partial charge in [-0.15, -0.1) is 11.3 Å². The highest BCUT2D eigenvalue weighted by atomic mass is 32.1. The molecule has 0 aromatic carbocycles. The summed E-state index contributed by atoms with van der Waals surface area (Å²) in [6, 6.07) is 2.10. The van der Waals surface area contributed by atoms with Gasteiger partial charge in [-0.25, -0.2) is 4.98 Å².